The lowest BCUT2D eigenvalue weighted by molar-refractivity contribution is 1.48. The van der Waals surface area contributed by atoms with Crippen molar-refractivity contribution in [3.05, 3.63) is 145 Å². The van der Waals surface area contributed by atoms with Crippen LogP contribution >= 0.6 is 0 Å². The Balaban J connectivity index is 1.22. The Kier molecular flexibility index (Phi) is 5.29. The van der Waals surface area contributed by atoms with Gasteiger partial charge in [-0.25, -0.2) is 0 Å². The minimum Gasteiger partial charge on any atom is -0.192 e. The molecule has 0 spiro atoms. The summed E-state index contributed by atoms with van der Waals surface area (Å²) in [4.78, 5) is 0. The van der Waals surface area contributed by atoms with Gasteiger partial charge < -0.3 is 0 Å². The first kappa shape index (κ1) is 23.9. The summed E-state index contributed by atoms with van der Waals surface area (Å²) in [6, 6.07) is 51.0. The average Bonchev–Trinajstić information content (AvgIpc) is 3.38. The summed E-state index contributed by atoms with van der Waals surface area (Å²) >= 11 is 0. The van der Waals surface area contributed by atoms with E-state index >= 15 is 0 Å². The monoisotopic (exact) mass is 530 g/mol. The zero-order valence-corrected chi connectivity index (χ0v) is 22.6. The molecule has 2 nitrogen and oxygen atoms in total. The first-order valence-electron chi connectivity index (χ1n) is 14.0. The number of hydrogen-bond acceptors (Lipinski definition) is 2. The highest BCUT2D eigenvalue weighted by Gasteiger charge is 2.23. The van der Waals surface area contributed by atoms with Crippen molar-refractivity contribution < 1.29 is 0 Å². The average molecular weight is 531 g/mol. The zero-order chi connectivity index (χ0) is 28.2. The molecule has 192 valence electrons. The van der Waals surface area contributed by atoms with Crippen molar-refractivity contribution in [1.29, 1.82) is 10.5 Å². The Morgan fingerprint density at radius 2 is 0.881 bits per heavy atom. The molecule has 0 aromatic heterocycles. The number of benzene rings is 7. The Hall–Kier alpha value is -5.96. The Bertz CT molecular complexity index is 2330. The van der Waals surface area contributed by atoms with E-state index < -0.39 is 0 Å². The van der Waals surface area contributed by atoms with Crippen LogP contribution in [0.15, 0.2) is 133 Å². The van der Waals surface area contributed by atoms with E-state index in [1.54, 1.807) is 0 Å². The van der Waals surface area contributed by atoms with E-state index in [2.05, 4.69) is 103 Å². The van der Waals surface area contributed by atoms with Crippen molar-refractivity contribution in [3.63, 3.8) is 0 Å². The molecular formula is C40H22N2. The third kappa shape index (κ3) is 3.71. The molecule has 0 heterocycles. The van der Waals surface area contributed by atoms with Gasteiger partial charge in [-0.15, -0.1) is 0 Å². The van der Waals surface area contributed by atoms with Crippen molar-refractivity contribution in [1.82, 2.24) is 0 Å². The van der Waals surface area contributed by atoms with Gasteiger partial charge in [0.25, 0.3) is 0 Å². The Labute approximate surface area is 244 Å². The van der Waals surface area contributed by atoms with Gasteiger partial charge in [-0.05, 0) is 120 Å². The largest absolute Gasteiger partial charge is 0.192 e. The van der Waals surface area contributed by atoms with E-state index in [4.69, 9.17) is 0 Å². The predicted molar refractivity (Wildman–Crippen MR) is 172 cm³/mol. The molecule has 0 aliphatic heterocycles. The van der Waals surface area contributed by atoms with E-state index in [1.165, 1.54) is 54.9 Å². The highest BCUT2D eigenvalue weighted by molar-refractivity contribution is 6.19. The molecule has 0 fully saturated rings. The first-order chi connectivity index (χ1) is 20.7. The zero-order valence-electron chi connectivity index (χ0n) is 22.6. The van der Waals surface area contributed by atoms with Gasteiger partial charge in [0.2, 0.25) is 0 Å². The summed E-state index contributed by atoms with van der Waals surface area (Å²) in [6.45, 7) is 0. The van der Waals surface area contributed by atoms with Crippen LogP contribution in [0.25, 0.3) is 77.2 Å². The molecule has 0 amide bonds. The van der Waals surface area contributed by atoms with E-state index in [-0.39, 0.29) is 0 Å². The summed E-state index contributed by atoms with van der Waals surface area (Å²) in [5, 5.41) is 23.6. The molecule has 0 unspecified atom stereocenters. The van der Waals surface area contributed by atoms with Crippen LogP contribution in [0.5, 0.6) is 0 Å². The lowest BCUT2D eigenvalue weighted by atomic mass is 9.92. The number of nitriles is 2. The fourth-order valence-electron chi connectivity index (χ4n) is 6.42. The summed E-state index contributed by atoms with van der Waals surface area (Å²) in [7, 11) is 0. The van der Waals surface area contributed by atoms with Gasteiger partial charge in [0, 0.05) is 0 Å². The molecule has 7 aromatic rings. The molecule has 1 aliphatic rings. The van der Waals surface area contributed by atoms with E-state index in [1.807, 2.05) is 42.5 Å². The fourth-order valence-corrected chi connectivity index (χ4v) is 6.42. The third-order valence-electron chi connectivity index (χ3n) is 8.44. The van der Waals surface area contributed by atoms with Crippen LogP contribution in [0.3, 0.4) is 0 Å². The van der Waals surface area contributed by atoms with Crippen molar-refractivity contribution in [2.24, 2.45) is 0 Å². The normalized spacial score (nSPS) is 11.3. The predicted octanol–water partition coefficient (Wildman–Crippen LogP) is 10.4. The van der Waals surface area contributed by atoms with E-state index in [9.17, 15) is 10.5 Å². The van der Waals surface area contributed by atoms with Crippen molar-refractivity contribution in [2.45, 2.75) is 0 Å². The smallest absolute Gasteiger partial charge is 0.0991 e. The molecule has 0 saturated heterocycles. The van der Waals surface area contributed by atoms with Gasteiger partial charge >= 0.3 is 0 Å². The van der Waals surface area contributed by atoms with Crippen LogP contribution in [0.4, 0.5) is 0 Å². The molecule has 1 aliphatic carbocycles. The number of hydrogen-bond donors (Lipinski definition) is 0. The van der Waals surface area contributed by atoms with Crippen LogP contribution in [-0.2, 0) is 0 Å². The minimum absolute atomic E-state index is 0.668. The van der Waals surface area contributed by atoms with Gasteiger partial charge in [0.15, 0.2) is 0 Å². The van der Waals surface area contributed by atoms with E-state index in [0.29, 0.717) is 11.1 Å². The molecule has 8 rings (SSSR count). The van der Waals surface area contributed by atoms with Gasteiger partial charge in [0.05, 0.1) is 23.3 Å². The highest BCUT2D eigenvalue weighted by atomic mass is 14.3. The quantitative estimate of drug-likeness (QED) is 0.228. The van der Waals surface area contributed by atoms with Gasteiger partial charge in [-0.2, -0.15) is 10.5 Å². The number of nitrogens with zero attached hydrogens (tertiary/aromatic N) is 2. The summed E-state index contributed by atoms with van der Waals surface area (Å²) in [5.74, 6) is 0. The molecule has 0 atom stereocenters. The molecule has 0 bridgehead atoms. The van der Waals surface area contributed by atoms with Crippen molar-refractivity contribution in [3.8, 4) is 67.8 Å². The highest BCUT2D eigenvalue weighted by Crippen LogP contribution is 2.50. The van der Waals surface area contributed by atoms with Crippen molar-refractivity contribution in [2.75, 3.05) is 0 Å². The van der Waals surface area contributed by atoms with Crippen LogP contribution < -0.4 is 0 Å². The Morgan fingerprint density at radius 3 is 1.60 bits per heavy atom. The maximum absolute atomic E-state index is 9.38. The number of fused-ring (bicyclic) bond motifs is 4. The van der Waals surface area contributed by atoms with Crippen LogP contribution in [-0.4, -0.2) is 0 Å². The molecule has 7 aromatic carbocycles. The Morgan fingerprint density at radius 1 is 0.357 bits per heavy atom. The summed E-state index contributed by atoms with van der Waals surface area (Å²) in [6.07, 6.45) is 0. The standard InChI is InChI=1S/C40H22N2/c41-23-25-4-1-6-27(18-25)29-10-11-31-21-33(13-12-30(31)20-29)34-16-17-38-35-15-14-32(28-7-2-5-26(19-28)24-42)22-39(35)37-9-3-8-36(34)40(37)38/h1-22H. The second kappa shape index (κ2) is 9.31. The SMILES string of the molecule is N#Cc1cccc(-c2ccc3c(c2)-c2cccc4c(-c5ccc6cc(-c7cccc(C#N)c7)ccc6c5)ccc-3c24)c1. The molecule has 2 heteroatoms. The maximum atomic E-state index is 9.38. The minimum atomic E-state index is 0.668. The topological polar surface area (TPSA) is 47.6 Å². The molecule has 0 saturated carbocycles. The van der Waals surface area contributed by atoms with E-state index in [0.717, 1.165) is 22.3 Å². The first-order valence-corrected chi connectivity index (χ1v) is 14.0. The third-order valence-corrected chi connectivity index (χ3v) is 8.44. The number of rotatable bonds is 3. The maximum Gasteiger partial charge on any atom is 0.0991 e. The van der Waals surface area contributed by atoms with Crippen molar-refractivity contribution >= 4 is 21.5 Å². The molecular weight excluding hydrogens is 508 g/mol. The fraction of sp³-hybridized carbons (Fsp3) is 0. The van der Waals surface area contributed by atoms with Gasteiger partial charge in [0.1, 0.15) is 0 Å². The second-order valence-electron chi connectivity index (χ2n) is 10.8. The lowest BCUT2D eigenvalue weighted by Gasteiger charge is -2.11. The molecule has 42 heavy (non-hydrogen) atoms. The second-order valence-corrected chi connectivity index (χ2v) is 10.8. The van der Waals surface area contributed by atoms with Crippen LogP contribution in [0.2, 0.25) is 0 Å². The molecule has 0 N–H and O–H groups in total. The van der Waals surface area contributed by atoms with Gasteiger partial charge in [-0.3, -0.25) is 0 Å². The van der Waals surface area contributed by atoms with Gasteiger partial charge in [-0.1, -0.05) is 91.0 Å². The summed E-state index contributed by atoms with van der Waals surface area (Å²) in [5.41, 5.74) is 13.1. The summed E-state index contributed by atoms with van der Waals surface area (Å²) < 4.78 is 0. The van der Waals surface area contributed by atoms with Crippen LogP contribution in [0, 0.1) is 22.7 Å². The van der Waals surface area contributed by atoms with Crippen LogP contribution in [0.1, 0.15) is 11.1 Å². The molecule has 0 radical (unpaired) electrons. The lowest BCUT2D eigenvalue weighted by Crippen LogP contribution is -1.85.